The predicted octanol–water partition coefficient (Wildman–Crippen LogP) is 2.33. The lowest BCUT2D eigenvalue weighted by Crippen LogP contribution is -2.31. The number of nitrogens with zero attached hydrogens (tertiary/aromatic N) is 2. The average molecular weight is 329 g/mol. The zero-order chi connectivity index (χ0) is 13.5. The number of hydrogen-bond donors (Lipinski definition) is 2. The van der Waals surface area contributed by atoms with E-state index in [1.807, 2.05) is 44.1 Å². The van der Waals surface area contributed by atoms with Crippen LogP contribution in [-0.4, -0.2) is 32.0 Å². The molecule has 4 nitrogen and oxygen atoms in total. The number of hydrogen-bond acceptors (Lipinski definition) is 3. The van der Waals surface area contributed by atoms with Crippen LogP contribution in [0.2, 0.25) is 0 Å². The van der Waals surface area contributed by atoms with E-state index in [9.17, 15) is 0 Å². The van der Waals surface area contributed by atoms with Gasteiger partial charge in [-0.3, -0.25) is 5.43 Å². The summed E-state index contributed by atoms with van der Waals surface area (Å²) < 4.78 is 1.03. The van der Waals surface area contributed by atoms with Gasteiger partial charge in [0.1, 0.15) is 0 Å². The van der Waals surface area contributed by atoms with E-state index in [0.29, 0.717) is 5.11 Å². The van der Waals surface area contributed by atoms with E-state index in [1.165, 1.54) is 0 Å². The second-order valence-electron chi connectivity index (χ2n) is 3.83. The zero-order valence-electron chi connectivity index (χ0n) is 10.7. The maximum atomic E-state index is 5.00. The maximum Gasteiger partial charge on any atom is 0.186 e. The highest BCUT2D eigenvalue weighted by Gasteiger charge is 2.01. The average Bonchev–Trinajstić information content (AvgIpc) is 2.29. The molecule has 0 aliphatic rings. The second-order valence-corrected chi connectivity index (χ2v) is 5.10. The Kier molecular flexibility index (Phi) is 6.07. The maximum absolute atomic E-state index is 5.00. The first-order valence-corrected chi connectivity index (χ1v) is 6.78. The van der Waals surface area contributed by atoms with Crippen molar-refractivity contribution >= 4 is 45.2 Å². The van der Waals surface area contributed by atoms with E-state index < -0.39 is 0 Å². The molecule has 98 valence electrons. The minimum Gasteiger partial charge on any atom is -0.377 e. The third-order valence-electron chi connectivity index (χ3n) is 2.17. The molecule has 0 spiro atoms. The van der Waals surface area contributed by atoms with Crippen LogP contribution in [0.3, 0.4) is 0 Å². The van der Waals surface area contributed by atoms with Gasteiger partial charge < -0.3 is 10.2 Å². The van der Waals surface area contributed by atoms with Gasteiger partial charge in [-0.2, -0.15) is 5.10 Å². The Morgan fingerprint density at radius 3 is 2.78 bits per heavy atom. The van der Waals surface area contributed by atoms with E-state index in [-0.39, 0.29) is 0 Å². The minimum atomic E-state index is 0.526. The molecule has 0 heterocycles. The molecule has 0 aliphatic carbocycles. The van der Waals surface area contributed by atoms with Gasteiger partial charge in [-0.15, -0.1) is 0 Å². The standard InChI is InChI=1S/C12H17BrN4S/c1-4-14-12(18)16-15-8-9-5-6-11(17(2)3)10(13)7-9/h5-8H,4H2,1-3H3,(H2,14,16,18). The lowest BCUT2D eigenvalue weighted by molar-refractivity contribution is 0.904. The molecule has 1 rings (SSSR count). The molecule has 1 aromatic rings. The lowest BCUT2D eigenvalue weighted by Gasteiger charge is -2.14. The summed E-state index contributed by atoms with van der Waals surface area (Å²) in [5.74, 6) is 0. The normalized spacial score (nSPS) is 10.4. The van der Waals surface area contributed by atoms with Crippen molar-refractivity contribution in [3.8, 4) is 0 Å². The van der Waals surface area contributed by atoms with Gasteiger partial charge in [0, 0.05) is 25.1 Å². The summed E-state index contributed by atoms with van der Waals surface area (Å²) in [4.78, 5) is 2.05. The van der Waals surface area contributed by atoms with Crippen LogP contribution in [0.15, 0.2) is 27.8 Å². The molecule has 0 saturated heterocycles. The fourth-order valence-corrected chi connectivity index (χ4v) is 2.28. The molecule has 0 aliphatic heterocycles. The summed E-state index contributed by atoms with van der Waals surface area (Å²) in [6, 6.07) is 6.05. The Labute approximate surface area is 122 Å². The largest absolute Gasteiger partial charge is 0.377 e. The molecule has 18 heavy (non-hydrogen) atoms. The molecule has 6 heteroatoms. The molecule has 2 N–H and O–H groups in total. The Hall–Kier alpha value is -1.14. The van der Waals surface area contributed by atoms with Crippen LogP contribution in [0, 0.1) is 0 Å². The van der Waals surface area contributed by atoms with Gasteiger partial charge in [-0.1, -0.05) is 6.07 Å². The molecule has 0 aromatic heterocycles. The fourth-order valence-electron chi connectivity index (χ4n) is 1.33. The first kappa shape index (κ1) is 14.9. The lowest BCUT2D eigenvalue weighted by atomic mass is 10.2. The molecule has 1 aromatic carbocycles. The van der Waals surface area contributed by atoms with Gasteiger partial charge in [0.25, 0.3) is 0 Å². The van der Waals surface area contributed by atoms with Crippen molar-refractivity contribution in [2.24, 2.45) is 5.10 Å². The Bertz CT molecular complexity index is 446. The monoisotopic (exact) mass is 328 g/mol. The van der Waals surface area contributed by atoms with Crippen molar-refractivity contribution < 1.29 is 0 Å². The number of halogens is 1. The molecule has 0 bridgehead atoms. The van der Waals surface area contributed by atoms with E-state index in [2.05, 4.69) is 31.8 Å². The predicted molar refractivity (Wildman–Crippen MR) is 85.5 cm³/mol. The van der Waals surface area contributed by atoms with Crippen LogP contribution >= 0.6 is 28.1 Å². The Morgan fingerprint density at radius 1 is 1.50 bits per heavy atom. The van der Waals surface area contributed by atoms with Crippen molar-refractivity contribution in [1.29, 1.82) is 0 Å². The fraction of sp³-hybridized carbons (Fsp3) is 0.333. The number of hydrazone groups is 1. The van der Waals surface area contributed by atoms with Crippen molar-refractivity contribution in [2.75, 3.05) is 25.5 Å². The van der Waals surface area contributed by atoms with E-state index >= 15 is 0 Å². The van der Waals surface area contributed by atoms with Crippen LogP contribution in [0.1, 0.15) is 12.5 Å². The number of benzene rings is 1. The van der Waals surface area contributed by atoms with Crippen LogP contribution in [0.5, 0.6) is 0 Å². The summed E-state index contributed by atoms with van der Waals surface area (Å²) in [6.07, 6.45) is 1.73. The van der Waals surface area contributed by atoms with Gasteiger partial charge in [0.05, 0.1) is 11.9 Å². The third-order valence-corrected chi connectivity index (χ3v) is 3.04. The number of nitrogens with one attached hydrogen (secondary N) is 2. The van der Waals surface area contributed by atoms with E-state index in [1.54, 1.807) is 6.21 Å². The molecule has 0 unspecified atom stereocenters. The molecule has 0 radical (unpaired) electrons. The SMILES string of the molecule is CCNC(=S)NN=Cc1ccc(N(C)C)c(Br)c1. The molecule has 0 saturated carbocycles. The zero-order valence-corrected chi connectivity index (χ0v) is 13.1. The van der Waals surface area contributed by atoms with Gasteiger partial charge in [-0.25, -0.2) is 0 Å². The van der Waals surface area contributed by atoms with Crippen molar-refractivity contribution in [1.82, 2.24) is 10.7 Å². The van der Waals surface area contributed by atoms with Crippen molar-refractivity contribution in [2.45, 2.75) is 6.92 Å². The summed E-state index contributed by atoms with van der Waals surface area (Å²) >= 11 is 8.53. The third kappa shape index (κ3) is 4.62. The quantitative estimate of drug-likeness (QED) is 0.505. The first-order valence-electron chi connectivity index (χ1n) is 5.58. The van der Waals surface area contributed by atoms with Crippen molar-refractivity contribution in [3.05, 3.63) is 28.2 Å². The topological polar surface area (TPSA) is 39.7 Å². The number of rotatable bonds is 4. The van der Waals surface area contributed by atoms with Crippen molar-refractivity contribution in [3.63, 3.8) is 0 Å². The smallest absolute Gasteiger partial charge is 0.186 e. The summed E-state index contributed by atoms with van der Waals surface area (Å²) in [6.45, 7) is 2.76. The summed E-state index contributed by atoms with van der Waals surface area (Å²) in [5, 5.41) is 7.55. The molecular weight excluding hydrogens is 312 g/mol. The molecule has 0 amide bonds. The van der Waals surface area contributed by atoms with Crippen LogP contribution in [0.25, 0.3) is 0 Å². The Morgan fingerprint density at radius 2 is 2.22 bits per heavy atom. The highest BCUT2D eigenvalue weighted by molar-refractivity contribution is 9.10. The first-order chi connectivity index (χ1) is 8.54. The minimum absolute atomic E-state index is 0.526. The molecule has 0 atom stereocenters. The highest BCUT2D eigenvalue weighted by Crippen LogP contribution is 2.25. The Balaban J connectivity index is 2.66. The van der Waals surface area contributed by atoms with Gasteiger partial charge in [0.2, 0.25) is 0 Å². The summed E-state index contributed by atoms with van der Waals surface area (Å²) in [7, 11) is 4.01. The molecule has 0 fully saturated rings. The van der Waals surface area contributed by atoms with Crippen LogP contribution in [0.4, 0.5) is 5.69 Å². The highest BCUT2D eigenvalue weighted by atomic mass is 79.9. The second kappa shape index (κ2) is 7.33. The number of thiocarbonyl (C=S) groups is 1. The van der Waals surface area contributed by atoms with Crippen LogP contribution in [-0.2, 0) is 0 Å². The van der Waals surface area contributed by atoms with E-state index in [4.69, 9.17) is 12.2 Å². The van der Waals surface area contributed by atoms with E-state index in [0.717, 1.165) is 22.3 Å². The van der Waals surface area contributed by atoms with Gasteiger partial charge >= 0.3 is 0 Å². The summed E-state index contributed by atoms with van der Waals surface area (Å²) in [5.41, 5.74) is 4.88. The molecular formula is C12H17BrN4S. The number of anilines is 1. The van der Waals surface area contributed by atoms with Gasteiger partial charge in [0.15, 0.2) is 5.11 Å². The van der Waals surface area contributed by atoms with Crippen LogP contribution < -0.4 is 15.6 Å². The van der Waals surface area contributed by atoms with Gasteiger partial charge in [-0.05, 0) is 52.8 Å².